The van der Waals surface area contributed by atoms with Crippen LogP contribution in [0, 0.1) is 0 Å². The number of nitrogens with one attached hydrogen (secondary N) is 1. The molecule has 1 heterocycles. The number of carbonyl (C=O) groups is 2. The van der Waals surface area contributed by atoms with Gasteiger partial charge in [0.15, 0.2) is 0 Å². The number of hydrogen-bond acceptors (Lipinski definition) is 3. The zero-order valence-electron chi connectivity index (χ0n) is 10.7. The van der Waals surface area contributed by atoms with Crippen LogP contribution >= 0.6 is 0 Å². The number of halogens is 1. The molecule has 2 amide bonds. The van der Waals surface area contributed by atoms with E-state index in [4.69, 9.17) is 9.84 Å². The van der Waals surface area contributed by atoms with E-state index < -0.39 is 24.4 Å². The van der Waals surface area contributed by atoms with Gasteiger partial charge in [0, 0.05) is 6.54 Å². The Labute approximate surface area is 115 Å². The molecule has 1 aromatic carbocycles. The largest absolute Gasteiger partial charge is 0.465 e. The summed E-state index contributed by atoms with van der Waals surface area (Å²) >= 11 is 0. The van der Waals surface area contributed by atoms with Gasteiger partial charge < -0.3 is 20.1 Å². The molecule has 0 aromatic heterocycles. The van der Waals surface area contributed by atoms with E-state index in [1.807, 2.05) is 18.2 Å². The summed E-state index contributed by atoms with van der Waals surface area (Å²) in [6, 6.07) is 8.21. The van der Waals surface area contributed by atoms with Gasteiger partial charge >= 0.3 is 12.2 Å². The van der Waals surface area contributed by atoms with Crippen molar-refractivity contribution < 1.29 is 23.8 Å². The number of hydrogen-bond donors (Lipinski definition) is 2. The van der Waals surface area contributed by atoms with Crippen molar-refractivity contribution >= 4 is 12.2 Å². The minimum absolute atomic E-state index is 0.0725. The van der Waals surface area contributed by atoms with Gasteiger partial charge in [0.05, 0.1) is 12.6 Å². The second-order valence-corrected chi connectivity index (χ2v) is 4.52. The predicted molar refractivity (Wildman–Crippen MR) is 68.0 cm³/mol. The van der Waals surface area contributed by atoms with Crippen LogP contribution < -0.4 is 5.32 Å². The number of carboxylic acid groups (broad SMARTS) is 1. The van der Waals surface area contributed by atoms with Gasteiger partial charge in [-0.1, -0.05) is 30.3 Å². The maximum Gasteiger partial charge on any atom is 0.407 e. The maximum atomic E-state index is 13.5. The quantitative estimate of drug-likeness (QED) is 0.883. The minimum Gasteiger partial charge on any atom is -0.465 e. The summed E-state index contributed by atoms with van der Waals surface area (Å²) in [5, 5.41) is 11.1. The van der Waals surface area contributed by atoms with E-state index in [1.165, 1.54) is 0 Å². The maximum absolute atomic E-state index is 13.5. The summed E-state index contributed by atoms with van der Waals surface area (Å²) in [5.74, 6) is 0. The first-order valence-corrected chi connectivity index (χ1v) is 6.15. The molecular weight excluding hydrogens is 267 g/mol. The lowest BCUT2D eigenvalue weighted by Gasteiger charge is -2.14. The number of carbonyl (C=O) groups excluding carboxylic acids is 1. The summed E-state index contributed by atoms with van der Waals surface area (Å²) in [6.45, 7) is -0.227. The number of alkyl carbamates (subject to hydrolysis) is 1. The lowest BCUT2D eigenvalue weighted by molar-refractivity contribution is 0.131. The zero-order chi connectivity index (χ0) is 14.5. The molecule has 1 aliphatic heterocycles. The Morgan fingerprint density at radius 1 is 1.35 bits per heavy atom. The van der Waals surface area contributed by atoms with Crippen molar-refractivity contribution in [3.05, 3.63) is 35.9 Å². The first-order chi connectivity index (χ1) is 9.56. The summed E-state index contributed by atoms with van der Waals surface area (Å²) in [6.07, 6.45) is -3.38. The molecule has 0 bridgehead atoms. The van der Waals surface area contributed by atoms with Crippen molar-refractivity contribution in [1.82, 2.24) is 10.2 Å². The molecule has 2 N–H and O–H groups in total. The lowest BCUT2D eigenvalue weighted by Crippen LogP contribution is -2.41. The lowest BCUT2D eigenvalue weighted by atomic mass is 10.2. The predicted octanol–water partition coefficient (Wildman–Crippen LogP) is 1.61. The van der Waals surface area contributed by atoms with Gasteiger partial charge in [-0.05, 0) is 5.56 Å². The Bertz CT molecular complexity index is 483. The Balaban J connectivity index is 1.79. The number of benzene rings is 1. The van der Waals surface area contributed by atoms with E-state index in [0.29, 0.717) is 0 Å². The van der Waals surface area contributed by atoms with Crippen LogP contribution in [0.3, 0.4) is 0 Å². The Morgan fingerprint density at radius 2 is 2.05 bits per heavy atom. The first-order valence-electron chi connectivity index (χ1n) is 6.15. The molecule has 0 aliphatic carbocycles. The molecule has 20 heavy (non-hydrogen) atoms. The van der Waals surface area contributed by atoms with Crippen molar-refractivity contribution in [2.45, 2.75) is 18.8 Å². The van der Waals surface area contributed by atoms with Crippen LogP contribution in [0.25, 0.3) is 0 Å². The molecule has 1 aliphatic rings. The molecule has 2 atom stereocenters. The fourth-order valence-electron chi connectivity index (χ4n) is 1.97. The molecule has 1 saturated heterocycles. The summed E-state index contributed by atoms with van der Waals surface area (Å²) in [5.41, 5.74) is 0.818. The van der Waals surface area contributed by atoms with Crippen molar-refractivity contribution in [3.8, 4) is 0 Å². The van der Waals surface area contributed by atoms with Gasteiger partial charge in [-0.3, -0.25) is 0 Å². The summed E-state index contributed by atoms with van der Waals surface area (Å²) in [7, 11) is 0. The minimum atomic E-state index is -1.42. The van der Waals surface area contributed by atoms with E-state index in [-0.39, 0.29) is 19.7 Å². The van der Waals surface area contributed by atoms with Crippen molar-refractivity contribution in [1.29, 1.82) is 0 Å². The second-order valence-electron chi connectivity index (χ2n) is 4.52. The smallest absolute Gasteiger partial charge is 0.407 e. The molecule has 0 spiro atoms. The van der Waals surface area contributed by atoms with Crippen LogP contribution in [0.4, 0.5) is 14.0 Å². The highest BCUT2D eigenvalue weighted by atomic mass is 19.1. The van der Waals surface area contributed by atoms with Gasteiger partial charge in [0.1, 0.15) is 12.8 Å². The zero-order valence-corrected chi connectivity index (χ0v) is 10.7. The molecule has 108 valence electrons. The number of nitrogens with zero attached hydrogens (tertiary/aromatic N) is 1. The van der Waals surface area contributed by atoms with Gasteiger partial charge in [0.25, 0.3) is 0 Å². The van der Waals surface area contributed by atoms with Crippen LogP contribution in [0.2, 0.25) is 0 Å². The van der Waals surface area contributed by atoms with Gasteiger partial charge in [-0.15, -0.1) is 0 Å². The number of ether oxygens (including phenoxy) is 1. The number of likely N-dealkylation sites (tertiary alicyclic amines) is 1. The fourth-order valence-corrected chi connectivity index (χ4v) is 1.97. The van der Waals surface area contributed by atoms with E-state index in [9.17, 15) is 14.0 Å². The average Bonchev–Trinajstić information content (AvgIpc) is 2.79. The monoisotopic (exact) mass is 282 g/mol. The normalized spacial score (nSPS) is 21.6. The number of alkyl halides is 1. The Hall–Kier alpha value is -2.31. The highest BCUT2D eigenvalue weighted by Gasteiger charge is 2.36. The third kappa shape index (κ3) is 3.59. The topological polar surface area (TPSA) is 78.9 Å². The molecule has 6 nitrogen and oxygen atoms in total. The van der Waals surface area contributed by atoms with Gasteiger partial charge in [-0.25, -0.2) is 14.0 Å². The highest BCUT2D eigenvalue weighted by molar-refractivity contribution is 5.69. The molecule has 7 heteroatoms. The van der Waals surface area contributed by atoms with Crippen molar-refractivity contribution in [2.24, 2.45) is 0 Å². The molecule has 0 saturated carbocycles. The summed E-state index contributed by atoms with van der Waals surface area (Å²) in [4.78, 5) is 23.2. The standard InChI is InChI=1S/C13H15FN2O4/c14-10-6-16(13(18)19)7-11(10)15-12(17)20-8-9-4-2-1-3-5-9/h1-5,10-11H,6-8H2,(H,15,17)(H,18,19)/t10-,11+/m0/s1. The first kappa shape index (κ1) is 14.1. The van der Waals surface area contributed by atoms with Gasteiger partial charge in [-0.2, -0.15) is 0 Å². The van der Waals surface area contributed by atoms with Gasteiger partial charge in [0.2, 0.25) is 0 Å². The molecule has 1 fully saturated rings. The molecule has 2 rings (SSSR count). The van der Waals surface area contributed by atoms with Crippen LogP contribution in [0.1, 0.15) is 5.56 Å². The number of rotatable bonds is 3. The Morgan fingerprint density at radius 3 is 2.65 bits per heavy atom. The molecular formula is C13H15FN2O4. The molecule has 0 radical (unpaired) electrons. The third-order valence-electron chi connectivity index (χ3n) is 3.04. The van der Waals surface area contributed by atoms with Crippen LogP contribution in [-0.4, -0.2) is 47.5 Å². The molecule has 0 unspecified atom stereocenters. The third-order valence-corrected chi connectivity index (χ3v) is 3.04. The van der Waals surface area contributed by atoms with E-state index in [2.05, 4.69) is 5.32 Å². The van der Waals surface area contributed by atoms with Crippen LogP contribution in [-0.2, 0) is 11.3 Å². The van der Waals surface area contributed by atoms with E-state index in [1.54, 1.807) is 12.1 Å². The SMILES string of the molecule is O=C(N[C@@H]1CN(C(=O)O)C[C@@H]1F)OCc1ccccc1. The van der Waals surface area contributed by atoms with E-state index in [0.717, 1.165) is 10.5 Å². The van der Waals surface area contributed by atoms with Crippen molar-refractivity contribution in [3.63, 3.8) is 0 Å². The van der Waals surface area contributed by atoms with Crippen LogP contribution in [0.15, 0.2) is 30.3 Å². The van der Waals surface area contributed by atoms with Crippen LogP contribution in [0.5, 0.6) is 0 Å². The number of amides is 2. The fraction of sp³-hybridized carbons (Fsp3) is 0.385. The second kappa shape index (κ2) is 6.23. The highest BCUT2D eigenvalue weighted by Crippen LogP contribution is 2.14. The summed E-state index contributed by atoms with van der Waals surface area (Å²) < 4.78 is 18.5. The van der Waals surface area contributed by atoms with Crippen molar-refractivity contribution in [2.75, 3.05) is 13.1 Å². The Kier molecular flexibility index (Phi) is 4.39. The molecule has 1 aromatic rings. The van der Waals surface area contributed by atoms with E-state index >= 15 is 0 Å². The average molecular weight is 282 g/mol.